The van der Waals surface area contributed by atoms with Crippen LogP contribution in [0, 0.1) is 6.92 Å². The number of thiazole rings is 1. The van der Waals surface area contributed by atoms with E-state index in [1.165, 1.54) is 5.56 Å². The lowest BCUT2D eigenvalue weighted by molar-refractivity contribution is 0.451. The Labute approximate surface area is 131 Å². The van der Waals surface area contributed by atoms with Crippen LogP contribution in [0.1, 0.15) is 16.0 Å². The molecule has 4 nitrogen and oxygen atoms in total. The molecule has 0 amide bonds. The molecule has 0 aliphatic rings. The molecule has 22 heavy (non-hydrogen) atoms. The standard InChI is InChI=1S/C17H15NO3S/c1-11-2-6-13(7-3-11)21-14-8-4-12(5-9-14)10-15-16(19)18-17(20)22-15/h2-9,19H,10H2,1H3,(H,18,20). The quantitative estimate of drug-likeness (QED) is 0.769. The van der Waals surface area contributed by atoms with E-state index in [0.717, 1.165) is 28.4 Å². The van der Waals surface area contributed by atoms with E-state index in [1.54, 1.807) is 0 Å². The highest BCUT2D eigenvalue weighted by molar-refractivity contribution is 7.09. The Hall–Kier alpha value is -2.53. The second-order valence-corrected chi connectivity index (χ2v) is 6.09. The van der Waals surface area contributed by atoms with Crippen LogP contribution in [-0.4, -0.2) is 10.1 Å². The van der Waals surface area contributed by atoms with E-state index in [0.29, 0.717) is 11.3 Å². The molecule has 1 aromatic heterocycles. The highest BCUT2D eigenvalue weighted by Gasteiger charge is 2.07. The second kappa shape index (κ2) is 6.07. The molecule has 5 heteroatoms. The van der Waals surface area contributed by atoms with Crippen molar-refractivity contribution in [3.8, 4) is 17.4 Å². The summed E-state index contributed by atoms with van der Waals surface area (Å²) in [5.41, 5.74) is 2.19. The van der Waals surface area contributed by atoms with Crippen LogP contribution in [0.25, 0.3) is 0 Å². The minimum absolute atomic E-state index is 0.0463. The summed E-state index contributed by atoms with van der Waals surface area (Å²) in [6.07, 6.45) is 0.514. The molecule has 112 valence electrons. The fraction of sp³-hybridized carbons (Fsp3) is 0.118. The van der Waals surface area contributed by atoms with Crippen LogP contribution in [-0.2, 0) is 6.42 Å². The third-order valence-corrected chi connectivity index (χ3v) is 4.12. The number of aromatic amines is 1. The fourth-order valence-corrected chi connectivity index (χ4v) is 2.83. The van der Waals surface area contributed by atoms with Gasteiger partial charge in [0.15, 0.2) is 0 Å². The maximum absolute atomic E-state index is 11.2. The minimum Gasteiger partial charge on any atom is -0.494 e. The Balaban J connectivity index is 1.71. The lowest BCUT2D eigenvalue weighted by Crippen LogP contribution is -1.89. The molecule has 1 heterocycles. The number of hydrogen-bond donors (Lipinski definition) is 2. The van der Waals surface area contributed by atoms with Crippen molar-refractivity contribution < 1.29 is 9.84 Å². The molecule has 0 aliphatic carbocycles. The summed E-state index contributed by atoms with van der Waals surface area (Å²) in [5.74, 6) is 1.49. The summed E-state index contributed by atoms with van der Waals surface area (Å²) < 4.78 is 5.76. The van der Waals surface area contributed by atoms with E-state index in [9.17, 15) is 9.90 Å². The molecule has 2 aromatic carbocycles. The number of aromatic hydroxyl groups is 1. The van der Waals surface area contributed by atoms with Gasteiger partial charge in [0.1, 0.15) is 11.5 Å². The van der Waals surface area contributed by atoms with Gasteiger partial charge >= 0.3 is 4.87 Å². The van der Waals surface area contributed by atoms with Gasteiger partial charge in [0.05, 0.1) is 4.88 Å². The molecule has 0 unspecified atom stereocenters. The molecule has 0 radical (unpaired) electrons. The molecule has 0 aliphatic heterocycles. The number of rotatable bonds is 4. The molecule has 3 aromatic rings. The summed E-state index contributed by atoms with van der Waals surface area (Å²) in [6.45, 7) is 2.03. The van der Waals surface area contributed by atoms with E-state index in [-0.39, 0.29) is 10.8 Å². The van der Waals surface area contributed by atoms with Gasteiger partial charge in [0.25, 0.3) is 0 Å². The number of benzene rings is 2. The lowest BCUT2D eigenvalue weighted by Gasteiger charge is -2.07. The molecule has 0 bridgehead atoms. The van der Waals surface area contributed by atoms with E-state index in [2.05, 4.69) is 4.98 Å². The molecule has 0 atom stereocenters. The SMILES string of the molecule is Cc1ccc(Oc2ccc(Cc3sc(=O)[nH]c3O)cc2)cc1. The van der Waals surface area contributed by atoms with Crippen molar-refractivity contribution in [1.29, 1.82) is 0 Å². The largest absolute Gasteiger partial charge is 0.494 e. The first-order valence-electron chi connectivity index (χ1n) is 6.84. The summed E-state index contributed by atoms with van der Waals surface area (Å²) >= 11 is 1.02. The molecular formula is C17H15NO3S. The molecular weight excluding hydrogens is 298 g/mol. The molecule has 3 rings (SSSR count). The zero-order valence-corrected chi connectivity index (χ0v) is 12.8. The highest BCUT2D eigenvalue weighted by Crippen LogP contribution is 2.24. The van der Waals surface area contributed by atoms with Crippen LogP contribution >= 0.6 is 11.3 Å². The zero-order chi connectivity index (χ0) is 15.5. The van der Waals surface area contributed by atoms with Crippen LogP contribution in [0.5, 0.6) is 17.4 Å². The van der Waals surface area contributed by atoms with Crippen molar-refractivity contribution in [2.75, 3.05) is 0 Å². The van der Waals surface area contributed by atoms with Crippen LogP contribution < -0.4 is 9.61 Å². The summed E-state index contributed by atoms with van der Waals surface area (Å²) in [5, 5.41) is 9.59. The Bertz CT molecular complexity index is 816. The van der Waals surface area contributed by atoms with Crippen molar-refractivity contribution in [1.82, 2.24) is 4.98 Å². The summed E-state index contributed by atoms with van der Waals surface area (Å²) in [4.78, 5) is 13.9. The number of hydrogen-bond acceptors (Lipinski definition) is 4. The van der Waals surface area contributed by atoms with Gasteiger partial charge in [-0.25, -0.2) is 0 Å². The van der Waals surface area contributed by atoms with E-state index >= 15 is 0 Å². The molecule has 0 saturated heterocycles. The summed E-state index contributed by atoms with van der Waals surface area (Å²) in [6, 6.07) is 15.5. The lowest BCUT2D eigenvalue weighted by atomic mass is 10.1. The van der Waals surface area contributed by atoms with Gasteiger partial charge in [-0.2, -0.15) is 0 Å². The third kappa shape index (κ3) is 3.38. The predicted octanol–water partition coefficient (Wildman–Crippen LogP) is 3.83. The average molecular weight is 313 g/mol. The Morgan fingerprint density at radius 2 is 1.64 bits per heavy atom. The topological polar surface area (TPSA) is 62.3 Å². The first-order valence-corrected chi connectivity index (χ1v) is 7.66. The number of H-pyrrole nitrogens is 1. The third-order valence-electron chi connectivity index (χ3n) is 3.25. The van der Waals surface area contributed by atoms with Gasteiger partial charge in [-0.05, 0) is 36.8 Å². The van der Waals surface area contributed by atoms with Gasteiger partial charge < -0.3 is 9.84 Å². The Kier molecular flexibility index (Phi) is 3.98. The minimum atomic E-state index is -0.244. The van der Waals surface area contributed by atoms with Crippen molar-refractivity contribution in [2.45, 2.75) is 13.3 Å². The maximum atomic E-state index is 11.2. The van der Waals surface area contributed by atoms with Gasteiger partial charge in [0, 0.05) is 6.42 Å². The van der Waals surface area contributed by atoms with E-state index in [4.69, 9.17) is 4.74 Å². The van der Waals surface area contributed by atoms with E-state index < -0.39 is 0 Å². The van der Waals surface area contributed by atoms with Gasteiger partial charge in [-0.3, -0.25) is 9.78 Å². The fourth-order valence-electron chi connectivity index (χ4n) is 2.08. The van der Waals surface area contributed by atoms with Crippen LogP contribution in [0.4, 0.5) is 0 Å². The molecule has 0 saturated carbocycles. The second-order valence-electron chi connectivity index (χ2n) is 5.02. The predicted molar refractivity (Wildman–Crippen MR) is 87.1 cm³/mol. The van der Waals surface area contributed by atoms with Gasteiger partial charge in [-0.1, -0.05) is 41.2 Å². The maximum Gasteiger partial charge on any atom is 0.307 e. The number of ether oxygens (including phenoxy) is 1. The Morgan fingerprint density at radius 1 is 1.05 bits per heavy atom. The number of nitrogens with one attached hydrogen (secondary N) is 1. The monoisotopic (exact) mass is 313 g/mol. The van der Waals surface area contributed by atoms with Gasteiger partial charge in [-0.15, -0.1) is 0 Å². The van der Waals surface area contributed by atoms with Crippen molar-refractivity contribution in [3.63, 3.8) is 0 Å². The Morgan fingerprint density at radius 3 is 2.18 bits per heavy atom. The van der Waals surface area contributed by atoms with Crippen molar-refractivity contribution in [3.05, 3.63) is 74.2 Å². The average Bonchev–Trinajstić information content (AvgIpc) is 2.81. The van der Waals surface area contributed by atoms with Gasteiger partial charge in [0.2, 0.25) is 5.88 Å². The molecule has 0 spiro atoms. The van der Waals surface area contributed by atoms with Crippen LogP contribution in [0.3, 0.4) is 0 Å². The smallest absolute Gasteiger partial charge is 0.307 e. The van der Waals surface area contributed by atoms with Crippen molar-refractivity contribution in [2.24, 2.45) is 0 Å². The summed E-state index contributed by atoms with van der Waals surface area (Å²) in [7, 11) is 0. The first kappa shape index (κ1) is 14.4. The number of aryl methyl sites for hydroxylation is 1. The highest BCUT2D eigenvalue weighted by atomic mass is 32.1. The normalized spacial score (nSPS) is 10.6. The molecule has 0 fully saturated rings. The van der Waals surface area contributed by atoms with Crippen molar-refractivity contribution >= 4 is 11.3 Å². The van der Waals surface area contributed by atoms with E-state index in [1.807, 2.05) is 55.5 Å². The van der Waals surface area contributed by atoms with Crippen LogP contribution in [0.2, 0.25) is 0 Å². The zero-order valence-electron chi connectivity index (χ0n) is 12.0. The number of aromatic nitrogens is 1. The first-order chi connectivity index (χ1) is 10.6. The molecule has 2 N–H and O–H groups in total. The van der Waals surface area contributed by atoms with Crippen LogP contribution in [0.15, 0.2) is 53.3 Å².